The summed E-state index contributed by atoms with van der Waals surface area (Å²) in [5.74, 6) is 1.46. The normalized spacial score (nSPS) is 12.2. The molecule has 0 unspecified atom stereocenters. The molecule has 1 heterocycles. The first-order valence-corrected chi connectivity index (χ1v) is 9.10. The summed E-state index contributed by atoms with van der Waals surface area (Å²) < 4.78 is 5.55. The van der Waals surface area contributed by atoms with Crippen LogP contribution in [-0.2, 0) is 0 Å². The fourth-order valence-corrected chi connectivity index (χ4v) is 3.27. The van der Waals surface area contributed by atoms with Crippen LogP contribution in [0.3, 0.4) is 0 Å². The number of nitrogens with zero attached hydrogens (tertiary/aromatic N) is 1. The predicted molar refractivity (Wildman–Crippen MR) is 106 cm³/mol. The second-order valence-electron chi connectivity index (χ2n) is 6.16. The Morgan fingerprint density at radius 2 is 1.88 bits per heavy atom. The lowest BCUT2D eigenvalue weighted by Gasteiger charge is -2.31. The van der Waals surface area contributed by atoms with Crippen molar-refractivity contribution in [2.24, 2.45) is 5.92 Å². The van der Waals surface area contributed by atoms with Crippen LogP contribution in [0.5, 0.6) is 0 Å². The standard InChI is InChI=1S/C18H22Cl2N2OS/c1-12(2)6-7-22(13(3)17-5-4-8-23-17)18(24)21-16-10-14(19)9-15(20)11-16/h4-5,8-13H,6-7H2,1-3H3,(H,21,24)/t13-/m1/s1. The highest BCUT2D eigenvalue weighted by molar-refractivity contribution is 7.80. The smallest absolute Gasteiger partial charge is 0.174 e. The van der Waals surface area contributed by atoms with Gasteiger partial charge in [-0.25, -0.2) is 0 Å². The van der Waals surface area contributed by atoms with Crippen molar-refractivity contribution < 1.29 is 4.42 Å². The third-order valence-electron chi connectivity index (χ3n) is 3.74. The number of thiocarbonyl (C=S) groups is 1. The topological polar surface area (TPSA) is 28.4 Å². The van der Waals surface area contributed by atoms with E-state index in [0.717, 1.165) is 24.4 Å². The zero-order valence-electron chi connectivity index (χ0n) is 14.1. The molecule has 6 heteroatoms. The van der Waals surface area contributed by atoms with Gasteiger partial charge in [0.1, 0.15) is 5.76 Å². The summed E-state index contributed by atoms with van der Waals surface area (Å²) in [6.45, 7) is 7.31. The maximum absolute atomic E-state index is 6.06. The van der Waals surface area contributed by atoms with Gasteiger partial charge in [-0.15, -0.1) is 0 Å². The SMILES string of the molecule is CC(C)CCN(C(=S)Nc1cc(Cl)cc(Cl)c1)[C@H](C)c1ccco1. The van der Waals surface area contributed by atoms with Gasteiger partial charge in [0.05, 0.1) is 12.3 Å². The number of nitrogens with one attached hydrogen (secondary N) is 1. The van der Waals surface area contributed by atoms with Gasteiger partial charge in [0, 0.05) is 22.3 Å². The maximum Gasteiger partial charge on any atom is 0.174 e. The number of hydrogen-bond acceptors (Lipinski definition) is 2. The Morgan fingerprint density at radius 3 is 2.42 bits per heavy atom. The Hall–Kier alpha value is -1.23. The Bertz CT molecular complexity index is 653. The van der Waals surface area contributed by atoms with Crippen LogP contribution in [0.15, 0.2) is 41.0 Å². The second kappa shape index (κ2) is 8.75. The van der Waals surface area contributed by atoms with E-state index in [-0.39, 0.29) is 6.04 Å². The number of furan rings is 1. The monoisotopic (exact) mass is 384 g/mol. The van der Waals surface area contributed by atoms with E-state index in [4.69, 9.17) is 39.8 Å². The van der Waals surface area contributed by atoms with Crippen molar-refractivity contribution >= 4 is 46.2 Å². The second-order valence-corrected chi connectivity index (χ2v) is 7.42. The van der Waals surface area contributed by atoms with Gasteiger partial charge in [0.25, 0.3) is 0 Å². The van der Waals surface area contributed by atoms with E-state index in [9.17, 15) is 0 Å². The largest absolute Gasteiger partial charge is 0.467 e. The highest BCUT2D eigenvalue weighted by atomic mass is 35.5. The summed E-state index contributed by atoms with van der Waals surface area (Å²) in [5, 5.41) is 5.00. The zero-order chi connectivity index (χ0) is 17.7. The molecule has 0 spiro atoms. The average molecular weight is 385 g/mol. The first-order valence-electron chi connectivity index (χ1n) is 7.94. The molecule has 0 aliphatic carbocycles. The van der Waals surface area contributed by atoms with E-state index in [1.165, 1.54) is 0 Å². The third-order valence-corrected chi connectivity index (χ3v) is 4.52. The zero-order valence-corrected chi connectivity index (χ0v) is 16.4. The Kier molecular flexibility index (Phi) is 6.96. The maximum atomic E-state index is 6.06. The minimum atomic E-state index is 0.0356. The highest BCUT2D eigenvalue weighted by Crippen LogP contribution is 2.26. The molecule has 2 rings (SSSR count). The number of benzene rings is 1. The fraction of sp³-hybridized carbons (Fsp3) is 0.389. The molecule has 0 aliphatic heterocycles. The molecule has 1 aromatic carbocycles. The van der Waals surface area contributed by atoms with Gasteiger partial charge in [0.2, 0.25) is 0 Å². The molecule has 2 aromatic rings. The fourth-order valence-electron chi connectivity index (χ4n) is 2.37. The molecule has 3 nitrogen and oxygen atoms in total. The summed E-state index contributed by atoms with van der Waals surface area (Å²) >= 11 is 17.8. The molecule has 0 fully saturated rings. The van der Waals surface area contributed by atoms with Gasteiger partial charge in [-0.3, -0.25) is 0 Å². The van der Waals surface area contributed by atoms with Gasteiger partial charge in [0.15, 0.2) is 5.11 Å². The molecule has 0 aliphatic rings. The average Bonchev–Trinajstić information content (AvgIpc) is 2.99. The van der Waals surface area contributed by atoms with Crippen molar-refractivity contribution in [2.45, 2.75) is 33.2 Å². The molecule has 130 valence electrons. The molecular formula is C18H22Cl2N2OS. The number of hydrogen-bond donors (Lipinski definition) is 1. The van der Waals surface area contributed by atoms with Gasteiger partial charge in [-0.05, 0) is 61.8 Å². The molecule has 0 bridgehead atoms. The number of halogens is 2. The van der Waals surface area contributed by atoms with Gasteiger partial charge in [-0.1, -0.05) is 37.0 Å². The molecule has 0 radical (unpaired) electrons. The van der Waals surface area contributed by atoms with E-state index >= 15 is 0 Å². The highest BCUT2D eigenvalue weighted by Gasteiger charge is 2.21. The lowest BCUT2D eigenvalue weighted by molar-refractivity contribution is 0.281. The first kappa shape index (κ1) is 19.1. The van der Waals surface area contributed by atoms with Gasteiger partial charge >= 0.3 is 0 Å². The van der Waals surface area contributed by atoms with Crippen molar-refractivity contribution in [3.8, 4) is 0 Å². The summed E-state index contributed by atoms with van der Waals surface area (Å²) in [4.78, 5) is 2.13. The third kappa shape index (κ3) is 5.40. The van der Waals surface area contributed by atoms with Crippen molar-refractivity contribution in [3.63, 3.8) is 0 Å². The van der Waals surface area contributed by atoms with Crippen LogP contribution in [0.4, 0.5) is 5.69 Å². The molecular weight excluding hydrogens is 363 g/mol. The van der Waals surface area contributed by atoms with Crippen LogP contribution in [0.1, 0.15) is 39.0 Å². The van der Waals surface area contributed by atoms with Crippen molar-refractivity contribution in [1.82, 2.24) is 4.90 Å². The summed E-state index contributed by atoms with van der Waals surface area (Å²) in [6, 6.07) is 9.19. The Labute approximate surface area is 158 Å². The number of anilines is 1. The van der Waals surface area contributed by atoms with Crippen molar-refractivity contribution in [2.75, 3.05) is 11.9 Å². The Morgan fingerprint density at radius 1 is 1.21 bits per heavy atom. The molecule has 1 atom stereocenters. The Balaban J connectivity index is 2.16. The van der Waals surface area contributed by atoms with Crippen LogP contribution >= 0.6 is 35.4 Å². The summed E-state index contributed by atoms with van der Waals surface area (Å²) in [6.07, 6.45) is 2.71. The van der Waals surface area contributed by atoms with Crippen LogP contribution in [-0.4, -0.2) is 16.6 Å². The van der Waals surface area contributed by atoms with Crippen LogP contribution in [0.25, 0.3) is 0 Å². The van der Waals surface area contributed by atoms with Crippen molar-refractivity contribution in [1.29, 1.82) is 0 Å². The minimum Gasteiger partial charge on any atom is -0.467 e. The number of rotatable bonds is 6. The molecule has 0 saturated heterocycles. The molecule has 1 aromatic heterocycles. The van der Waals surface area contributed by atoms with Gasteiger partial charge in [-0.2, -0.15) is 0 Å². The summed E-state index contributed by atoms with van der Waals surface area (Å²) in [7, 11) is 0. The molecule has 0 saturated carbocycles. The summed E-state index contributed by atoms with van der Waals surface area (Å²) in [5.41, 5.74) is 0.777. The predicted octanol–water partition coefficient (Wildman–Crippen LogP) is 6.39. The molecule has 1 N–H and O–H groups in total. The van der Waals surface area contributed by atoms with Crippen LogP contribution in [0, 0.1) is 5.92 Å². The van der Waals surface area contributed by atoms with E-state index in [1.807, 2.05) is 12.1 Å². The lowest BCUT2D eigenvalue weighted by Crippen LogP contribution is -2.38. The van der Waals surface area contributed by atoms with Crippen LogP contribution < -0.4 is 5.32 Å². The minimum absolute atomic E-state index is 0.0356. The van der Waals surface area contributed by atoms with Crippen LogP contribution in [0.2, 0.25) is 10.0 Å². The lowest BCUT2D eigenvalue weighted by atomic mass is 10.1. The van der Waals surface area contributed by atoms with Gasteiger partial charge < -0.3 is 14.6 Å². The van der Waals surface area contributed by atoms with E-state index in [0.29, 0.717) is 21.1 Å². The van der Waals surface area contributed by atoms with E-state index < -0.39 is 0 Å². The van der Waals surface area contributed by atoms with E-state index in [1.54, 1.807) is 24.5 Å². The van der Waals surface area contributed by atoms with E-state index in [2.05, 4.69) is 31.0 Å². The van der Waals surface area contributed by atoms with Crippen molar-refractivity contribution in [3.05, 3.63) is 52.4 Å². The molecule has 24 heavy (non-hydrogen) atoms. The molecule has 0 amide bonds. The quantitative estimate of drug-likeness (QED) is 0.583. The first-order chi connectivity index (χ1) is 11.4.